The van der Waals surface area contributed by atoms with Gasteiger partial charge in [-0.2, -0.15) is 0 Å². The van der Waals surface area contributed by atoms with Crippen LogP contribution in [0.25, 0.3) is 10.9 Å². The normalized spacial score (nSPS) is 13.5. The molecule has 1 heterocycles. The van der Waals surface area contributed by atoms with E-state index in [1.807, 2.05) is 24.3 Å². The predicted molar refractivity (Wildman–Crippen MR) is 98.6 cm³/mol. The minimum absolute atomic E-state index is 0.0869. The second-order valence-corrected chi connectivity index (χ2v) is 6.67. The number of ether oxygens (including phenoxy) is 1. The minimum Gasteiger partial charge on any atom is -0.452 e. The minimum atomic E-state index is -0.553. The van der Waals surface area contributed by atoms with Gasteiger partial charge in [0.15, 0.2) is 6.61 Å². The molecule has 1 aliphatic rings. The molecule has 1 N–H and O–H groups in total. The molecule has 0 saturated heterocycles. The number of amides is 1. The molecule has 1 amide bonds. The smallest absolute Gasteiger partial charge is 0.340 e. The Bertz CT molecular complexity index is 994. The number of nitrogens with zero attached hydrogens (tertiary/aromatic N) is 1. The summed E-state index contributed by atoms with van der Waals surface area (Å²) in [4.78, 5) is 29.6. The maximum atomic E-state index is 13.9. The van der Waals surface area contributed by atoms with Crippen LogP contribution in [0.15, 0.2) is 54.7 Å². The second-order valence-electron chi connectivity index (χ2n) is 6.67. The third-order valence-corrected chi connectivity index (χ3v) is 4.74. The maximum absolute atomic E-state index is 13.9. The van der Waals surface area contributed by atoms with Crippen molar-refractivity contribution in [2.24, 2.45) is 0 Å². The van der Waals surface area contributed by atoms with Crippen LogP contribution in [-0.4, -0.2) is 34.4 Å². The summed E-state index contributed by atoms with van der Waals surface area (Å²) in [5.41, 5.74) is 1.68. The quantitative estimate of drug-likeness (QED) is 0.678. The van der Waals surface area contributed by atoms with Gasteiger partial charge in [0.25, 0.3) is 5.91 Å². The van der Waals surface area contributed by atoms with E-state index in [1.54, 1.807) is 29.3 Å². The Morgan fingerprint density at radius 2 is 1.85 bits per heavy atom. The van der Waals surface area contributed by atoms with Crippen LogP contribution in [0.5, 0.6) is 0 Å². The molecule has 6 heteroatoms. The van der Waals surface area contributed by atoms with Crippen molar-refractivity contribution in [3.05, 3.63) is 71.7 Å². The zero-order valence-electron chi connectivity index (χ0n) is 14.7. The van der Waals surface area contributed by atoms with Crippen LogP contribution in [-0.2, 0) is 16.1 Å². The summed E-state index contributed by atoms with van der Waals surface area (Å²) in [6.45, 7) is -0.176. The van der Waals surface area contributed by atoms with Gasteiger partial charge >= 0.3 is 5.97 Å². The number of benzene rings is 2. The van der Waals surface area contributed by atoms with Gasteiger partial charge in [-0.25, -0.2) is 9.18 Å². The van der Waals surface area contributed by atoms with Crippen molar-refractivity contribution in [2.45, 2.75) is 25.4 Å². The molecule has 0 aliphatic heterocycles. The highest BCUT2D eigenvalue weighted by Gasteiger charge is 2.33. The molecule has 138 valence electrons. The summed E-state index contributed by atoms with van der Waals surface area (Å²) >= 11 is 0. The first-order valence-corrected chi connectivity index (χ1v) is 8.89. The van der Waals surface area contributed by atoms with Gasteiger partial charge in [0, 0.05) is 35.2 Å². The first-order valence-electron chi connectivity index (χ1n) is 8.89. The van der Waals surface area contributed by atoms with E-state index in [9.17, 15) is 14.0 Å². The highest BCUT2D eigenvalue weighted by Crippen LogP contribution is 2.29. The van der Waals surface area contributed by atoms with Crippen molar-refractivity contribution in [3.63, 3.8) is 0 Å². The number of hydrogen-bond donors (Lipinski definition) is 1. The molecule has 1 aromatic heterocycles. The number of halogens is 1. The van der Waals surface area contributed by atoms with Gasteiger partial charge in [0.05, 0.1) is 5.56 Å². The second kappa shape index (κ2) is 7.23. The molecule has 0 bridgehead atoms. The lowest BCUT2D eigenvalue weighted by Crippen LogP contribution is -2.36. The van der Waals surface area contributed by atoms with Crippen molar-refractivity contribution in [1.82, 2.24) is 9.88 Å². The lowest BCUT2D eigenvalue weighted by atomic mass is 10.2. The fraction of sp³-hybridized carbons (Fsp3) is 0.238. The van der Waals surface area contributed by atoms with Crippen molar-refractivity contribution in [1.29, 1.82) is 0 Å². The molecular weight excluding hydrogens is 347 g/mol. The van der Waals surface area contributed by atoms with Crippen LogP contribution in [0.4, 0.5) is 4.39 Å². The van der Waals surface area contributed by atoms with E-state index in [0.29, 0.717) is 11.1 Å². The first kappa shape index (κ1) is 17.3. The fourth-order valence-electron chi connectivity index (χ4n) is 3.15. The Labute approximate surface area is 155 Å². The molecule has 0 radical (unpaired) electrons. The van der Waals surface area contributed by atoms with Gasteiger partial charge in [-0.15, -0.1) is 0 Å². The number of para-hydroxylation sites is 1. The molecule has 2 aromatic carbocycles. The zero-order valence-corrected chi connectivity index (χ0v) is 14.7. The molecule has 5 nitrogen and oxygen atoms in total. The topological polar surface area (TPSA) is 62.4 Å². The summed E-state index contributed by atoms with van der Waals surface area (Å²) in [5.74, 6) is -1.21. The van der Waals surface area contributed by atoms with E-state index in [-0.39, 0.29) is 30.9 Å². The summed E-state index contributed by atoms with van der Waals surface area (Å²) in [7, 11) is 0. The van der Waals surface area contributed by atoms with Gasteiger partial charge in [-0.3, -0.25) is 4.79 Å². The molecule has 4 rings (SSSR count). The van der Waals surface area contributed by atoms with Crippen molar-refractivity contribution < 1.29 is 18.7 Å². The Kier molecular flexibility index (Phi) is 4.62. The fourth-order valence-corrected chi connectivity index (χ4v) is 3.15. The highest BCUT2D eigenvalue weighted by molar-refractivity contribution is 6.04. The molecule has 1 fully saturated rings. The van der Waals surface area contributed by atoms with Crippen LogP contribution < -0.4 is 0 Å². The van der Waals surface area contributed by atoms with Crippen molar-refractivity contribution in [2.75, 3.05) is 6.61 Å². The number of aromatic amines is 1. The summed E-state index contributed by atoms with van der Waals surface area (Å²) in [6.07, 6.45) is 3.35. The van der Waals surface area contributed by atoms with Gasteiger partial charge in [0.1, 0.15) is 5.82 Å². The lowest BCUT2D eigenvalue weighted by Gasteiger charge is -2.22. The molecule has 27 heavy (non-hydrogen) atoms. The van der Waals surface area contributed by atoms with Gasteiger partial charge < -0.3 is 14.6 Å². The van der Waals surface area contributed by atoms with Crippen LogP contribution in [0, 0.1) is 5.82 Å². The van der Waals surface area contributed by atoms with Crippen LogP contribution in [0.2, 0.25) is 0 Å². The SMILES string of the molecule is O=C(OCC(=O)N(Cc1ccccc1F)C1CC1)c1c[nH]c2ccccc12. The van der Waals surface area contributed by atoms with Gasteiger partial charge in [-0.05, 0) is 25.0 Å². The van der Waals surface area contributed by atoms with Crippen molar-refractivity contribution >= 4 is 22.8 Å². The number of carbonyl (C=O) groups is 2. The average molecular weight is 366 g/mol. The van der Waals surface area contributed by atoms with E-state index < -0.39 is 5.97 Å². The Hall–Kier alpha value is -3.15. The monoisotopic (exact) mass is 366 g/mol. The number of H-pyrrole nitrogens is 1. The van der Waals surface area contributed by atoms with E-state index in [4.69, 9.17) is 4.74 Å². The lowest BCUT2D eigenvalue weighted by molar-refractivity contribution is -0.135. The van der Waals surface area contributed by atoms with Crippen LogP contribution in [0.3, 0.4) is 0 Å². The molecule has 0 atom stereocenters. The van der Waals surface area contributed by atoms with E-state index in [1.165, 1.54) is 6.07 Å². The Morgan fingerprint density at radius 3 is 2.63 bits per heavy atom. The number of fused-ring (bicyclic) bond motifs is 1. The van der Waals surface area contributed by atoms with E-state index >= 15 is 0 Å². The molecule has 1 saturated carbocycles. The summed E-state index contributed by atoms with van der Waals surface area (Å²) < 4.78 is 19.2. The molecule has 0 spiro atoms. The Balaban J connectivity index is 1.42. The van der Waals surface area contributed by atoms with Gasteiger partial charge in [0.2, 0.25) is 0 Å². The van der Waals surface area contributed by atoms with Crippen LogP contribution in [0.1, 0.15) is 28.8 Å². The third-order valence-electron chi connectivity index (χ3n) is 4.74. The zero-order chi connectivity index (χ0) is 18.8. The number of nitrogens with one attached hydrogen (secondary N) is 1. The van der Waals surface area contributed by atoms with Crippen LogP contribution >= 0.6 is 0 Å². The molecular formula is C21H19FN2O3. The standard InChI is InChI=1S/C21H19FN2O3/c22-18-7-3-1-5-14(18)12-24(15-9-10-15)20(25)13-27-21(26)17-11-23-19-8-4-2-6-16(17)19/h1-8,11,15,23H,9-10,12-13H2. The number of hydrogen-bond acceptors (Lipinski definition) is 3. The van der Waals surface area contributed by atoms with E-state index in [2.05, 4.69) is 4.98 Å². The highest BCUT2D eigenvalue weighted by atomic mass is 19.1. The summed E-state index contributed by atoms with van der Waals surface area (Å²) in [6, 6.07) is 13.9. The first-order chi connectivity index (χ1) is 13.1. The van der Waals surface area contributed by atoms with Crippen molar-refractivity contribution in [3.8, 4) is 0 Å². The summed E-state index contributed by atoms with van der Waals surface area (Å²) in [5, 5.41) is 0.750. The molecule has 0 unspecified atom stereocenters. The number of carbonyl (C=O) groups excluding carboxylic acids is 2. The maximum Gasteiger partial charge on any atom is 0.340 e. The Morgan fingerprint density at radius 1 is 1.11 bits per heavy atom. The van der Waals surface area contributed by atoms with E-state index in [0.717, 1.165) is 23.7 Å². The third kappa shape index (κ3) is 3.69. The molecule has 3 aromatic rings. The number of rotatable bonds is 6. The largest absolute Gasteiger partial charge is 0.452 e. The molecule has 1 aliphatic carbocycles. The van der Waals surface area contributed by atoms with Gasteiger partial charge in [-0.1, -0.05) is 36.4 Å². The predicted octanol–water partition coefficient (Wildman–Crippen LogP) is 3.66. The average Bonchev–Trinajstić information content (AvgIpc) is 3.43. The number of aromatic nitrogens is 1. The number of esters is 1.